The molecule has 0 fully saturated rings. The molecule has 0 spiro atoms. The Kier molecular flexibility index (Phi) is 6.52. The molecule has 0 aliphatic heterocycles. The Morgan fingerprint density at radius 3 is 2.68 bits per heavy atom. The number of benzene rings is 1. The summed E-state index contributed by atoms with van der Waals surface area (Å²) in [6.45, 7) is 7.33. The van der Waals surface area contributed by atoms with Crippen molar-refractivity contribution in [2.75, 3.05) is 20.3 Å². The first-order valence-corrected chi connectivity index (χ1v) is 7.36. The normalized spacial score (nSPS) is 12.3. The van der Waals surface area contributed by atoms with Crippen LogP contribution >= 0.6 is 15.9 Å². The van der Waals surface area contributed by atoms with Crippen LogP contribution in [0.25, 0.3) is 0 Å². The highest BCUT2D eigenvalue weighted by atomic mass is 79.9. The van der Waals surface area contributed by atoms with Gasteiger partial charge < -0.3 is 9.64 Å². The van der Waals surface area contributed by atoms with Crippen LogP contribution in [0.5, 0.6) is 0 Å². The third-order valence-electron chi connectivity index (χ3n) is 3.32. The molecule has 0 aliphatic carbocycles. The van der Waals surface area contributed by atoms with Gasteiger partial charge in [0.05, 0.1) is 6.61 Å². The van der Waals surface area contributed by atoms with Gasteiger partial charge in [-0.05, 0) is 44.0 Å². The number of amides is 1. The third-order valence-corrected chi connectivity index (χ3v) is 4.21. The average Bonchev–Trinajstić information content (AvgIpc) is 2.41. The van der Waals surface area contributed by atoms with Gasteiger partial charge in [0, 0.05) is 29.7 Å². The number of carbonyl (C=O) groups is 1. The lowest BCUT2D eigenvalue weighted by Crippen LogP contribution is -2.40. The number of hydrogen-bond acceptors (Lipinski definition) is 2. The molecule has 0 saturated heterocycles. The molecule has 0 radical (unpaired) electrons. The highest BCUT2D eigenvalue weighted by Crippen LogP contribution is 2.19. The molecule has 0 saturated carbocycles. The molecule has 0 aromatic heterocycles. The molecule has 0 aliphatic rings. The summed E-state index contributed by atoms with van der Waals surface area (Å²) in [5.74, 6) is 0.0713. The van der Waals surface area contributed by atoms with Crippen molar-refractivity contribution in [2.45, 2.75) is 33.2 Å². The zero-order valence-corrected chi connectivity index (χ0v) is 13.7. The molecule has 0 N–H and O–H groups in total. The standard InChI is InChI=1S/C15H22BrNO2/c1-5-12(3)17(8-9-19-4)15(18)13-6-7-14(16)11(2)10-13/h6-7,10,12H,5,8-9H2,1-4H3. The predicted molar refractivity (Wildman–Crippen MR) is 81.5 cm³/mol. The summed E-state index contributed by atoms with van der Waals surface area (Å²) in [4.78, 5) is 14.5. The molecule has 19 heavy (non-hydrogen) atoms. The van der Waals surface area contributed by atoms with E-state index < -0.39 is 0 Å². The van der Waals surface area contributed by atoms with Gasteiger partial charge in [0.15, 0.2) is 0 Å². The van der Waals surface area contributed by atoms with Crippen LogP contribution in [0.2, 0.25) is 0 Å². The summed E-state index contributed by atoms with van der Waals surface area (Å²) in [6, 6.07) is 5.93. The second kappa shape index (κ2) is 7.65. The Morgan fingerprint density at radius 2 is 2.16 bits per heavy atom. The summed E-state index contributed by atoms with van der Waals surface area (Å²) in [5.41, 5.74) is 1.80. The van der Waals surface area contributed by atoms with Crippen LogP contribution in [0, 0.1) is 6.92 Å². The number of halogens is 1. The highest BCUT2D eigenvalue weighted by Gasteiger charge is 2.20. The number of nitrogens with zero attached hydrogens (tertiary/aromatic N) is 1. The van der Waals surface area contributed by atoms with Gasteiger partial charge in [-0.3, -0.25) is 4.79 Å². The second-order valence-electron chi connectivity index (χ2n) is 4.71. The summed E-state index contributed by atoms with van der Waals surface area (Å²) in [5, 5.41) is 0. The van der Waals surface area contributed by atoms with Crippen LogP contribution in [0.1, 0.15) is 36.2 Å². The molecule has 106 valence electrons. The van der Waals surface area contributed by atoms with Crippen molar-refractivity contribution in [1.29, 1.82) is 0 Å². The van der Waals surface area contributed by atoms with E-state index >= 15 is 0 Å². The topological polar surface area (TPSA) is 29.5 Å². The summed E-state index contributed by atoms with van der Waals surface area (Å²) in [6.07, 6.45) is 0.935. The number of methoxy groups -OCH3 is 1. The van der Waals surface area contributed by atoms with Gasteiger partial charge in [-0.25, -0.2) is 0 Å². The molecule has 1 aromatic carbocycles. The minimum absolute atomic E-state index is 0.0713. The van der Waals surface area contributed by atoms with Gasteiger partial charge in [0.1, 0.15) is 0 Å². The van der Waals surface area contributed by atoms with E-state index in [0.717, 1.165) is 22.0 Å². The summed E-state index contributed by atoms with van der Waals surface area (Å²) < 4.78 is 6.12. The molecule has 1 aromatic rings. The number of hydrogen-bond donors (Lipinski definition) is 0. The van der Waals surface area contributed by atoms with Crippen molar-refractivity contribution in [1.82, 2.24) is 4.90 Å². The van der Waals surface area contributed by atoms with E-state index in [4.69, 9.17) is 4.74 Å². The maximum absolute atomic E-state index is 12.6. The van der Waals surface area contributed by atoms with Crippen molar-refractivity contribution in [3.63, 3.8) is 0 Å². The number of carbonyl (C=O) groups excluding carboxylic acids is 1. The Morgan fingerprint density at radius 1 is 1.47 bits per heavy atom. The number of ether oxygens (including phenoxy) is 1. The van der Waals surface area contributed by atoms with Crippen LogP contribution in [0.4, 0.5) is 0 Å². The zero-order valence-electron chi connectivity index (χ0n) is 12.1. The highest BCUT2D eigenvalue weighted by molar-refractivity contribution is 9.10. The largest absolute Gasteiger partial charge is 0.383 e. The summed E-state index contributed by atoms with van der Waals surface area (Å²) in [7, 11) is 1.66. The van der Waals surface area contributed by atoms with Gasteiger partial charge in [-0.2, -0.15) is 0 Å². The molecule has 1 rings (SSSR count). The van der Waals surface area contributed by atoms with Crippen LogP contribution in [0.3, 0.4) is 0 Å². The summed E-state index contributed by atoms with van der Waals surface area (Å²) >= 11 is 3.46. The average molecular weight is 328 g/mol. The van der Waals surface area contributed by atoms with E-state index in [-0.39, 0.29) is 11.9 Å². The van der Waals surface area contributed by atoms with E-state index in [0.29, 0.717) is 13.2 Å². The number of rotatable bonds is 6. The Balaban J connectivity index is 2.94. The first kappa shape index (κ1) is 16.2. The van der Waals surface area contributed by atoms with Crippen LogP contribution in [0.15, 0.2) is 22.7 Å². The smallest absolute Gasteiger partial charge is 0.254 e. The van der Waals surface area contributed by atoms with Crippen molar-refractivity contribution < 1.29 is 9.53 Å². The molecule has 1 unspecified atom stereocenters. The SMILES string of the molecule is CCC(C)N(CCOC)C(=O)c1ccc(Br)c(C)c1. The lowest BCUT2D eigenvalue weighted by molar-refractivity contribution is 0.0614. The van der Waals surface area contributed by atoms with Gasteiger partial charge in [0.2, 0.25) is 0 Å². The minimum Gasteiger partial charge on any atom is -0.383 e. The fraction of sp³-hybridized carbons (Fsp3) is 0.533. The van der Waals surface area contributed by atoms with Gasteiger partial charge in [-0.1, -0.05) is 22.9 Å². The fourth-order valence-corrected chi connectivity index (χ4v) is 2.12. The quantitative estimate of drug-likeness (QED) is 0.798. The third kappa shape index (κ3) is 4.32. The maximum Gasteiger partial charge on any atom is 0.254 e. The van der Waals surface area contributed by atoms with E-state index in [9.17, 15) is 4.79 Å². The van der Waals surface area contributed by atoms with Gasteiger partial charge in [-0.15, -0.1) is 0 Å². The molecule has 1 amide bonds. The lowest BCUT2D eigenvalue weighted by atomic mass is 10.1. The molecular weight excluding hydrogens is 306 g/mol. The number of aryl methyl sites for hydroxylation is 1. The van der Waals surface area contributed by atoms with Crippen molar-refractivity contribution in [2.24, 2.45) is 0 Å². The molecule has 1 atom stereocenters. The molecule has 3 nitrogen and oxygen atoms in total. The van der Waals surface area contributed by atoms with Crippen molar-refractivity contribution >= 4 is 21.8 Å². The van der Waals surface area contributed by atoms with Crippen LogP contribution in [-0.2, 0) is 4.74 Å². The minimum atomic E-state index is 0.0713. The Labute approximate surface area is 124 Å². The van der Waals surface area contributed by atoms with Crippen molar-refractivity contribution in [3.05, 3.63) is 33.8 Å². The second-order valence-corrected chi connectivity index (χ2v) is 5.57. The van der Waals surface area contributed by atoms with E-state index in [1.54, 1.807) is 7.11 Å². The monoisotopic (exact) mass is 327 g/mol. The lowest BCUT2D eigenvalue weighted by Gasteiger charge is -2.28. The molecule has 4 heteroatoms. The molecule has 0 bridgehead atoms. The van der Waals surface area contributed by atoms with Crippen molar-refractivity contribution in [3.8, 4) is 0 Å². The first-order chi connectivity index (χ1) is 9.01. The zero-order chi connectivity index (χ0) is 14.4. The Bertz CT molecular complexity index is 434. The van der Waals surface area contributed by atoms with Gasteiger partial charge in [0.25, 0.3) is 5.91 Å². The van der Waals surface area contributed by atoms with E-state index in [1.165, 1.54) is 0 Å². The molecule has 0 heterocycles. The van der Waals surface area contributed by atoms with Gasteiger partial charge >= 0.3 is 0 Å². The molecular formula is C15H22BrNO2. The van der Waals surface area contributed by atoms with Crippen LogP contribution < -0.4 is 0 Å². The van der Waals surface area contributed by atoms with E-state index in [1.807, 2.05) is 30.0 Å². The fourth-order valence-electron chi connectivity index (χ4n) is 1.88. The predicted octanol–water partition coefficient (Wildman–Crippen LogP) is 3.64. The van der Waals surface area contributed by atoms with E-state index in [2.05, 4.69) is 29.8 Å². The maximum atomic E-state index is 12.6. The van der Waals surface area contributed by atoms with Crippen LogP contribution in [-0.4, -0.2) is 37.1 Å². The first-order valence-electron chi connectivity index (χ1n) is 6.57. The Hall–Kier alpha value is -0.870.